The molecule has 108 valence electrons. The molecule has 0 saturated carbocycles. The van der Waals surface area contributed by atoms with Gasteiger partial charge in [0.2, 0.25) is 0 Å². The number of amides is 3. The van der Waals surface area contributed by atoms with E-state index in [1.807, 2.05) is 0 Å². The Morgan fingerprint density at radius 3 is 2.00 bits per heavy atom. The van der Waals surface area contributed by atoms with Crippen LogP contribution in [0.4, 0.5) is 10.5 Å². The van der Waals surface area contributed by atoms with E-state index in [0.29, 0.717) is 5.69 Å². The van der Waals surface area contributed by atoms with Crippen molar-refractivity contribution in [3.05, 3.63) is 61.6 Å². The molecule has 0 aliphatic carbocycles. The van der Waals surface area contributed by atoms with E-state index in [1.54, 1.807) is 30.3 Å². The third-order valence-corrected chi connectivity index (χ3v) is 4.03. The van der Waals surface area contributed by atoms with E-state index in [-0.39, 0.29) is 15.6 Å². The zero-order valence-corrected chi connectivity index (χ0v) is 14.2. The molecule has 2 aromatic carbocycles. The molecule has 2 rings (SSSR count). The van der Waals surface area contributed by atoms with Crippen LogP contribution in [0.1, 0.15) is 10.4 Å². The van der Waals surface area contributed by atoms with E-state index < -0.39 is 11.9 Å². The van der Waals surface area contributed by atoms with Crippen LogP contribution in [-0.2, 0) is 0 Å². The van der Waals surface area contributed by atoms with Crippen LogP contribution in [0.25, 0.3) is 0 Å². The number of benzene rings is 2. The fraction of sp³-hybridized carbons (Fsp3) is 0. The number of nitrogens with two attached hydrogens (primary N) is 1. The number of rotatable bonds is 2. The molecule has 0 fully saturated rings. The topological polar surface area (TPSA) is 63.4 Å². The summed E-state index contributed by atoms with van der Waals surface area (Å²) >= 11 is 14.1. The molecule has 0 unspecified atom stereocenters. The SMILES string of the molecule is NC(=O)N(C(=O)c1c(Cl)cccc1Cl)c1ccc(I)cc1. The fourth-order valence-electron chi connectivity index (χ4n) is 1.75. The van der Waals surface area contributed by atoms with Gasteiger partial charge in [0.1, 0.15) is 0 Å². The minimum absolute atomic E-state index is 0.0400. The van der Waals surface area contributed by atoms with E-state index >= 15 is 0 Å². The molecule has 0 atom stereocenters. The lowest BCUT2D eigenvalue weighted by atomic mass is 10.2. The minimum Gasteiger partial charge on any atom is -0.351 e. The quantitative estimate of drug-likeness (QED) is 0.715. The first-order valence-electron chi connectivity index (χ1n) is 5.75. The van der Waals surface area contributed by atoms with Crippen molar-refractivity contribution in [2.75, 3.05) is 4.90 Å². The maximum Gasteiger partial charge on any atom is 0.326 e. The highest BCUT2D eigenvalue weighted by molar-refractivity contribution is 14.1. The summed E-state index contributed by atoms with van der Waals surface area (Å²) in [6.07, 6.45) is 0. The number of primary amides is 1. The van der Waals surface area contributed by atoms with Crippen LogP contribution in [0.2, 0.25) is 10.0 Å². The van der Waals surface area contributed by atoms with Crippen molar-refractivity contribution in [2.45, 2.75) is 0 Å². The van der Waals surface area contributed by atoms with E-state index in [4.69, 9.17) is 28.9 Å². The third kappa shape index (κ3) is 3.48. The van der Waals surface area contributed by atoms with E-state index in [1.165, 1.54) is 12.1 Å². The van der Waals surface area contributed by atoms with Crippen LogP contribution < -0.4 is 10.6 Å². The lowest BCUT2D eigenvalue weighted by molar-refractivity contribution is 0.0995. The lowest BCUT2D eigenvalue weighted by Crippen LogP contribution is -2.41. The van der Waals surface area contributed by atoms with Crippen LogP contribution in [0, 0.1) is 3.57 Å². The van der Waals surface area contributed by atoms with E-state index in [9.17, 15) is 9.59 Å². The Kier molecular flexibility index (Phi) is 5.08. The van der Waals surface area contributed by atoms with Crippen molar-refractivity contribution in [3.8, 4) is 0 Å². The number of halogens is 3. The predicted octanol–water partition coefficient (Wildman–Crippen LogP) is 4.32. The molecule has 21 heavy (non-hydrogen) atoms. The second-order valence-corrected chi connectivity index (χ2v) is 6.11. The Morgan fingerprint density at radius 2 is 1.52 bits per heavy atom. The molecule has 0 aliphatic rings. The largest absolute Gasteiger partial charge is 0.351 e. The van der Waals surface area contributed by atoms with Crippen LogP contribution in [0.5, 0.6) is 0 Å². The first kappa shape index (κ1) is 16.1. The number of carbonyl (C=O) groups excluding carboxylic acids is 2. The van der Waals surface area contributed by atoms with Gasteiger partial charge in [-0.25, -0.2) is 9.69 Å². The molecule has 2 N–H and O–H groups in total. The molecule has 4 nitrogen and oxygen atoms in total. The molecule has 7 heteroatoms. The standard InChI is InChI=1S/C14H9Cl2IN2O2/c15-10-2-1-3-11(16)12(10)13(20)19(14(18)21)9-6-4-8(17)5-7-9/h1-7H,(H2,18,21). The summed E-state index contributed by atoms with van der Waals surface area (Å²) in [7, 11) is 0. The second kappa shape index (κ2) is 6.64. The molecule has 0 aliphatic heterocycles. The monoisotopic (exact) mass is 434 g/mol. The minimum atomic E-state index is -0.905. The summed E-state index contributed by atoms with van der Waals surface area (Å²) in [6, 6.07) is 10.5. The van der Waals surface area contributed by atoms with Crippen molar-refractivity contribution in [3.63, 3.8) is 0 Å². The summed E-state index contributed by atoms with van der Waals surface area (Å²) < 4.78 is 0.962. The van der Waals surface area contributed by atoms with Gasteiger partial charge in [-0.05, 0) is 59.0 Å². The van der Waals surface area contributed by atoms with Gasteiger partial charge in [-0.3, -0.25) is 4.79 Å². The van der Waals surface area contributed by atoms with Gasteiger partial charge in [0, 0.05) is 3.57 Å². The molecule has 0 spiro atoms. The van der Waals surface area contributed by atoms with Gasteiger partial charge in [-0.15, -0.1) is 0 Å². The summed E-state index contributed by atoms with van der Waals surface area (Å²) in [5.74, 6) is -0.667. The third-order valence-electron chi connectivity index (χ3n) is 2.68. The Labute approximate surface area is 145 Å². The molecule has 3 amide bonds. The van der Waals surface area contributed by atoms with Crippen molar-refractivity contribution in [2.24, 2.45) is 5.73 Å². The molecule has 0 saturated heterocycles. The molecular formula is C14H9Cl2IN2O2. The predicted molar refractivity (Wildman–Crippen MR) is 92.0 cm³/mol. The number of imide groups is 1. The number of urea groups is 1. The highest BCUT2D eigenvalue weighted by atomic mass is 127. The Morgan fingerprint density at radius 1 is 1.00 bits per heavy atom. The molecule has 0 radical (unpaired) electrons. The first-order chi connectivity index (χ1) is 9.91. The average Bonchev–Trinajstić information content (AvgIpc) is 2.40. The number of nitrogens with zero attached hydrogens (tertiary/aromatic N) is 1. The fourth-order valence-corrected chi connectivity index (χ4v) is 2.67. The molecule has 0 aromatic heterocycles. The van der Waals surface area contributed by atoms with Crippen LogP contribution in [-0.4, -0.2) is 11.9 Å². The van der Waals surface area contributed by atoms with Crippen molar-refractivity contribution < 1.29 is 9.59 Å². The van der Waals surface area contributed by atoms with Crippen LogP contribution in [0.15, 0.2) is 42.5 Å². The smallest absolute Gasteiger partial charge is 0.326 e. The van der Waals surface area contributed by atoms with E-state index in [2.05, 4.69) is 22.6 Å². The van der Waals surface area contributed by atoms with Gasteiger partial charge in [0.05, 0.1) is 21.3 Å². The van der Waals surface area contributed by atoms with E-state index in [0.717, 1.165) is 8.47 Å². The van der Waals surface area contributed by atoms with Gasteiger partial charge in [-0.1, -0.05) is 29.3 Å². The summed E-state index contributed by atoms with van der Waals surface area (Å²) in [4.78, 5) is 25.1. The van der Waals surface area contributed by atoms with Crippen LogP contribution >= 0.6 is 45.8 Å². The normalized spacial score (nSPS) is 10.2. The Hall–Kier alpha value is -1.31. The first-order valence-corrected chi connectivity index (χ1v) is 7.58. The summed E-state index contributed by atoms with van der Waals surface area (Å²) in [5.41, 5.74) is 5.71. The van der Waals surface area contributed by atoms with Gasteiger partial charge >= 0.3 is 6.03 Å². The molecule has 0 bridgehead atoms. The zero-order valence-electron chi connectivity index (χ0n) is 10.5. The number of hydrogen-bond acceptors (Lipinski definition) is 2. The second-order valence-electron chi connectivity index (χ2n) is 4.05. The van der Waals surface area contributed by atoms with Crippen molar-refractivity contribution in [1.82, 2.24) is 0 Å². The number of carbonyl (C=O) groups is 2. The van der Waals surface area contributed by atoms with Crippen molar-refractivity contribution in [1.29, 1.82) is 0 Å². The van der Waals surface area contributed by atoms with Gasteiger partial charge in [-0.2, -0.15) is 0 Å². The zero-order chi connectivity index (χ0) is 15.6. The van der Waals surface area contributed by atoms with Gasteiger partial charge in [0.25, 0.3) is 5.91 Å². The number of hydrogen-bond donors (Lipinski definition) is 1. The average molecular weight is 435 g/mol. The van der Waals surface area contributed by atoms with Gasteiger partial charge in [0.15, 0.2) is 0 Å². The summed E-state index contributed by atoms with van der Waals surface area (Å²) in [6.45, 7) is 0. The highest BCUT2D eigenvalue weighted by Gasteiger charge is 2.26. The number of anilines is 1. The maximum absolute atomic E-state index is 12.6. The molecule has 0 heterocycles. The lowest BCUT2D eigenvalue weighted by Gasteiger charge is -2.20. The Bertz CT molecular complexity index is 684. The van der Waals surface area contributed by atoms with Gasteiger partial charge < -0.3 is 5.73 Å². The molecular weight excluding hydrogens is 426 g/mol. The van der Waals surface area contributed by atoms with Crippen molar-refractivity contribution >= 4 is 63.4 Å². The highest BCUT2D eigenvalue weighted by Crippen LogP contribution is 2.28. The maximum atomic E-state index is 12.6. The summed E-state index contributed by atoms with van der Waals surface area (Å²) in [5, 5.41) is 0.313. The molecule has 2 aromatic rings. The van der Waals surface area contributed by atoms with Crippen LogP contribution in [0.3, 0.4) is 0 Å². The Balaban J connectivity index is 2.51.